The van der Waals surface area contributed by atoms with Gasteiger partial charge in [0.25, 0.3) is 5.91 Å². The van der Waals surface area contributed by atoms with Crippen molar-refractivity contribution in [2.75, 3.05) is 31.6 Å². The summed E-state index contributed by atoms with van der Waals surface area (Å²) in [6.07, 6.45) is 0. The quantitative estimate of drug-likeness (QED) is 0.875. The molecule has 2 amide bonds. The number of nitrogens with two attached hydrogens (primary N) is 1. The van der Waals surface area contributed by atoms with E-state index >= 15 is 0 Å². The Labute approximate surface area is 136 Å². The number of nitrogens with zero attached hydrogens (tertiary/aromatic N) is 1. The number of nitrogens with one attached hydrogen (secondary N) is 1. The van der Waals surface area contributed by atoms with E-state index in [1.54, 1.807) is 43.0 Å². The lowest BCUT2D eigenvalue weighted by Crippen LogP contribution is -2.45. The molecule has 0 aliphatic carbocycles. The highest BCUT2D eigenvalue weighted by molar-refractivity contribution is 5.99. The SMILES string of the molecule is CC(C)(N)C(=O)Nc1cccc(C(=O)N2CCOCC2)c1.Cl. The van der Waals surface area contributed by atoms with Gasteiger partial charge in [0.1, 0.15) is 0 Å². The van der Waals surface area contributed by atoms with Gasteiger partial charge in [-0.1, -0.05) is 6.07 Å². The normalized spacial score (nSPS) is 15.0. The van der Waals surface area contributed by atoms with E-state index in [9.17, 15) is 9.59 Å². The van der Waals surface area contributed by atoms with Crippen LogP contribution in [0.4, 0.5) is 5.69 Å². The molecule has 1 aromatic carbocycles. The highest BCUT2D eigenvalue weighted by atomic mass is 35.5. The standard InChI is InChI=1S/C15H21N3O3.ClH/c1-15(2,16)14(20)17-12-5-3-4-11(10-12)13(19)18-6-8-21-9-7-18;/h3-5,10H,6-9,16H2,1-2H3,(H,17,20);1H. The van der Waals surface area contributed by atoms with Crippen LogP contribution in [0.25, 0.3) is 0 Å². The van der Waals surface area contributed by atoms with Gasteiger partial charge < -0.3 is 20.7 Å². The summed E-state index contributed by atoms with van der Waals surface area (Å²) in [5, 5.41) is 2.72. The summed E-state index contributed by atoms with van der Waals surface area (Å²) in [5.41, 5.74) is 5.89. The maximum atomic E-state index is 12.4. The predicted molar refractivity (Wildman–Crippen MR) is 87.3 cm³/mol. The minimum Gasteiger partial charge on any atom is -0.378 e. The van der Waals surface area contributed by atoms with Crippen LogP contribution in [0.15, 0.2) is 24.3 Å². The molecule has 1 aliphatic heterocycles. The van der Waals surface area contributed by atoms with E-state index < -0.39 is 5.54 Å². The molecular formula is C15H22ClN3O3. The molecule has 0 radical (unpaired) electrons. The molecule has 0 aromatic heterocycles. The molecule has 0 spiro atoms. The van der Waals surface area contributed by atoms with Gasteiger partial charge in [-0.15, -0.1) is 12.4 Å². The van der Waals surface area contributed by atoms with Crippen LogP contribution in [0.1, 0.15) is 24.2 Å². The summed E-state index contributed by atoms with van der Waals surface area (Å²) in [4.78, 5) is 26.0. The van der Waals surface area contributed by atoms with Gasteiger partial charge in [-0.25, -0.2) is 0 Å². The van der Waals surface area contributed by atoms with E-state index in [0.29, 0.717) is 37.6 Å². The topological polar surface area (TPSA) is 84.7 Å². The summed E-state index contributed by atoms with van der Waals surface area (Å²) < 4.78 is 5.23. The maximum absolute atomic E-state index is 12.4. The largest absolute Gasteiger partial charge is 0.378 e. The van der Waals surface area contributed by atoms with Crippen molar-refractivity contribution in [2.24, 2.45) is 5.73 Å². The van der Waals surface area contributed by atoms with Crippen molar-refractivity contribution < 1.29 is 14.3 Å². The third-order valence-corrected chi connectivity index (χ3v) is 3.25. The first-order chi connectivity index (χ1) is 9.88. The zero-order chi connectivity index (χ0) is 15.5. The molecule has 0 saturated carbocycles. The molecule has 1 saturated heterocycles. The Morgan fingerprint density at radius 1 is 1.27 bits per heavy atom. The zero-order valence-electron chi connectivity index (χ0n) is 12.8. The third-order valence-electron chi connectivity index (χ3n) is 3.25. The second-order valence-electron chi connectivity index (χ2n) is 5.66. The number of hydrogen-bond donors (Lipinski definition) is 2. The molecule has 0 bridgehead atoms. The maximum Gasteiger partial charge on any atom is 0.254 e. The van der Waals surface area contributed by atoms with Crippen molar-refractivity contribution >= 4 is 29.9 Å². The molecule has 0 unspecified atom stereocenters. The molecule has 7 heteroatoms. The van der Waals surface area contributed by atoms with Gasteiger partial charge in [-0.2, -0.15) is 0 Å². The highest BCUT2D eigenvalue weighted by Crippen LogP contribution is 2.15. The highest BCUT2D eigenvalue weighted by Gasteiger charge is 2.23. The molecule has 1 fully saturated rings. The molecule has 0 atom stereocenters. The number of carbonyl (C=O) groups excluding carboxylic acids is 2. The smallest absolute Gasteiger partial charge is 0.254 e. The number of ether oxygens (including phenoxy) is 1. The Bertz CT molecular complexity index is 537. The van der Waals surface area contributed by atoms with E-state index in [4.69, 9.17) is 10.5 Å². The molecule has 1 aromatic rings. The van der Waals surface area contributed by atoms with Crippen molar-refractivity contribution in [3.05, 3.63) is 29.8 Å². The second-order valence-corrected chi connectivity index (χ2v) is 5.66. The fraction of sp³-hybridized carbons (Fsp3) is 0.467. The Kier molecular flexibility index (Phi) is 6.34. The predicted octanol–water partition coefficient (Wildman–Crippen LogP) is 1.26. The van der Waals surface area contributed by atoms with Crippen molar-refractivity contribution in [3.8, 4) is 0 Å². The number of carbonyl (C=O) groups is 2. The molecular weight excluding hydrogens is 306 g/mol. The van der Waals surface area contributed by atoms with Gasteiger partial charge in [0, 0.05) is 24.3 Å². The van der Waals surface area contributed by atoms with Gasteiger partial charge in [0.2, 0.25) is 5.91 Å². The average Bonchev–Trinajstić information content (AvgIpc) is 2.46. The van der Waals surface area contributed by atoms with E-state index in [0.717, 1.165) is 0 Å². The summed E-state index contributed by atoms with van der Waals surface area (Å²) in [6.45, 7) is 5.56. The summed E-state index contributed by atoms with van der Waals surface area (Å²) in [7, 11) is 0. The minimum absolute atomic E-state index is 0. The fourth-order valence-electron chi connectivity index (χ4n) is 1.97. The van der Waals surface area contributed by atoms with Crippen LogP contribution >= 0.6 is 12.4 Å². The first-order valence-electron chi connectivity index (χ1n) is 6.95. The van der Waals surface area contributed by atoms with Crippen molar-refractivity contribution in [3.63, 3.8) is 0 Å². The zero-order valence-corrected chi connectivity index (χ0v) is 13.6. The van der Waals surface area contributed by atoms with Crippen LogP contribution in [0, 0.1) is 0 Å². The number of anilines is 1. The molecule has 3 N–H and O–H groups in total. The monoisotopic (exact) mass is 327 g/mol. The average molecular weight is 328 g/mol. The van der Waals surface area contributed by atoms with Gasteiger partial charge in [-0.3, -0.25) is 9.59 Å². The summed E-state index contributed by atoms with van der Waals surface area (Å²) >= 11 is 0. The number of rotatable bonds is 3. The van der Waals surface area contributed by atoms with E-state index in [1.165, 1.54) is 0 Å². The van der Waals surface area contributed by atoms with Crippen molar-refractivity contribution in [1.82, 2.24) is 4.90 Å². The van der Waals surface area contributed by atoms with Gasteiger partial charge in [-0.05, 0) is 32.0 Å². The van der Waals surface area contributed by atoms with Crippen LogP contribution in [-0.4, -0.2) is 48.6 Å². The third kappa shape index (κ3) is 4.69. The number of amides is 2. The Hall–Kier alpha value is -1.63. The summed E-state index contributed by atoms with van der Waals surface area (Å²) in [5.74, 6) is -0.347. The first kappa shape index (κ1) is 18.4. The van der Waals surface area contributed by atoms with Gasteiger partial charge in [0.15, 0.2) is 0 Å². The molecule has 1 aliphatic rings. The van der Waals surface area contributed by atoms with Gasteiger partial charge in [0.05, 0.1) is 18.8 Å². The fourth-order valence-corrected chi connectivity index (χ4v) is 1.97. The van der Waals surface area contributed by atoms with Crippen molar-refractivity contribution in [1.29, 1.82) is 0 Å². The molecule has 1 heterocycles. The second kappa shape index (κ2) is 7.58. The van der Waals surface area contributed by atoms with E-state index in [2.05, 4.69) is 5.32 Å². The van der Waals surface area contributed by atoms with Crippen LogP contribution < -0.4 is 11.1 Å². The van der Waals surface area contributed by atoms with E-state index in [1.807, 2.05) is 0 Å². The number of halogens is 1. The first-order valence-corrected chi connectivity index (χ1v) is 6.95. The van der Waals surface area contributed by atoms with Crippen LogP contribution in [0.3, 0.4) is 0 Å². The van der Waals surface area contributed by atoms with Crippen molar-refractivity contribution in [2.45, 2.75) is 19.4 Å². The Morgan fingerprint density at radius 2 is 1.91 bits per heavy atom. The number of hydrogen-bond acceptors (Lipinski definition) is 4. The van der Waals surface area contributed by atoms with Crippen LogP contribution in [0.2, 0.25) is 0 Å². The van der Waals surface area contributed by atoms with Crippen LogP contribution in [-0.2, 0) is 9.53 Å². The number of morpholine rings is 1. The lowest BCUT2D eigenvalue weighted by molar-refractivity contribution is -0.120. The molecule has 2 rings (SSSR count). The van der Waals surface area contributed by atoms with Crippen LogP contribution in [0.5, 0.6) is 0 Å². The lowest BCUT2D eigenvalue weighted by Gasteiger charge is -2.27. The lowest BCUT2D eigenvalue weighted by atomic mass is 10.1. The minimum atomic E-state index is -0.968. The molecule has 6 nitrogen and oxygen atoms in total. The van der Waals surface area contributed by atoms with E-state index in [-0.39, 0.29) is 24.2 Å². The van der Waals surface area contributed by atoms with Gasteiger partial charge >= 0.3 is 0 Å². The number of benzene rings is 1. The molecule has 22 heavy (non-hydrogen) atoms. The summed E-state index contributed by atoms with van der Waals surface area (Å²) in [6, 6.07) is 6.88. The Balaban J connectivity index is 0.00000242. The Morgan fingerprint density at radius 3 is 2.50 bits per heavy atom. The molecule has 122 valence electrons.